The number of halogens is 2. The molecule has 0 atom stereocenters. The number of benzene rings is 3. The minimum absolute atomic E-state index is 0.0140. The Morgan fingerprint density at radius 2 is 1.45 bits per heavy atom. The van der Waals surface area contributed by atoms with E-state index >= 15 is 8.78 Å². The van der Waals surface area contributed by atoms with Crippen LogP contribution in [0.5, 0.6) is 5.75 Å². The van der Waals surface area contributed by atoms with Crippen LogP contribution in [0, 0.1) is 46.5 Å². The van der Waals surface area contributed by atoms with E-state index in [9.17, 15) is 0 Å². The summed E-state index contributed by atoms with van der Waals surface area (Å²) in [7, 11) is 0. The fourth-order valence-electron chi connectivity index (χ4n) is 5.60. The van der Waals surface area contributed by atoms with Gasteiger partial charge in [-0.05, 0) is 122 Å². The fourth-order valence-corrected chi connectivity index (χ4v) is 5.60. The Hall–Kier alpha value is -2.42. The first kappa shape index (κ1) is 23.7. The van der Waals surface area contributed by atoms with E-state index < -0.39 is 6.11 Å². The van der Waals surface area contributed by atoms with Crippen molar-refractivity contribution in [3.8, 4) is 5.75 Å². The molecule has 0 amide bonds. The van der Waals surface area contributed by atoms with Crippen molar-refractivity contribution in [3.63, 3.8) is 0 Å². The molecule has 0 N–H and O–H groups in total. The van der Waals surface area contributed by atoms with E-state index in [1.54, 1.807) is 26.0 Å². The third-order valence-electron chi connectivity index (χ3n) is 7.74. The molecule has 1 aliphatic rings. The molecule has 0 aliphatic heterocycles. The van der Waals surface area contributed by atoms with Crippen molar-refractivity contribution in [1.82, 2.24) is 0 Å². The van der Waals surface area contributed by atoms with E-state index in [4.69, 9.17) is 4.74 Å². The molecule has 1 aliphatic carbocycles. The molecular formula is C30H36F2O. The van der Waals surface area contributed by atoms with Crippen LogP contribution < -0.4 is 4.74 Å². The van der Waals surface area contributed by atoms with Crippen LogP contribution in [0.2, 0.25) is 0 Å². The Morgan fingerprint density at radius 3 is 2.09 bits per heavy atom. The lowest BCUT2D eigenvalue weighted by Gasteiger charge is -2.27. The SMILES string of the molecule is Cc1cc2cc(OC(F)(F)c3c(C)cc(CC4CCC(C)CC4)cc3C)ccc2c(C)c1C. The first-order chi connectivity index (χ1) is 15.5. The minimum Gasteiger partial charge on any atom is -0.429 e. The van der Waals surface area contributed by atoms with Crippen molar-refractivity contribution in [2.24, 2.45) is 11.8 Å². The average molecular weight is 451 g/mol. The number of ether oxygens (including phenoxy) is 1. The van der Waals surface area contributed by atoms with Crippen molar-refractivity contribution in [2.75, 3.05) is 0 Å². The lowest BCUT2D eigenvalue weighted by molar-refractivity contribution is -0.186. The molecule has 3 aromatic rings. The number of hydrogen-bond acceptors (Lipinski definition) is 1. The van der Waals surface area contributed by atoms with E-state index in [-0.39, 0.29) is 11.3 Å². The summed E-state index contributed by atoms with van der Waals surface area (Å²) in [6.07, 6.45) is 2.61. The Kier molecular flexibility index (Phi) is 6.53. The maximum absolute atomic E-state index is 15.4. The van der Waals surface area contributed by atoms with Gasteiger partial charge in [0.15, 0.2) is 0 Å². The summed E-state index contributed by atoms with van der Waals surface area (Å²) in [6.45, 7) is 12.1. The summed E-state index contributed by atoms with van der Waals surface area (Å²) in [6, 6.07) is 11.2. The number of fused-ring (bicyclic) bond motifs is 1. The monoisotopic (exact) mass is 450 g/mol. The third kappa shape index (κ3) is 4.93. The fraction of sp³-hybridized carbons (Fsp3) is 0.467. The van der Waals surface area contributed by atoms with Crippen molar-refractivity contribution in [1.29, 1.82) is 0 Å². The van der Waals surface area contributed by atoms with Crippen LogP contribution in [0.4, 0.5) is 8.78 Å². The zero-order valence-corrected chi connectivity index (χ0v) is 20.8. The summed E-state index contributed by atoms with van der Waals surface area (Å²) < 4.78 is 36.1. The van der Waals surface area contributed by atoms with Crippen molar-refractivity contribution < 1.29 is 13.5 Å². The molecule has 3 aromatic carbocycles. The highest BCUT2D eigenvalue weighted by Gasteiger charge is 2.38. The van der Waals surface area contributed by atoms with Gasteiger partial charge in [-0.3, -0.25) is 0 Å². The predicted molar refractivity (Wildman–Crippen MR) is 133 cm³/mol. The van der Waals surface area contributed by atoms with Gasteiger partial charge in [0.2, 0.25) is 0 Å². The standard InChI is InChI=1S/C30H36F2O/c1-18-7-9-24(10-8-18)16-25-13-20(3)29(21(4)14-25)30(31,32)33-27-11-12-28-23(6)22(5)19(2)15-26(28)17-27/h11-15,17-18,24H,7-10,16H2,1-6H3. The summed E-state index contributed by atoms with van der Waals surface area (Å²) >= 11 is 0. The van der Waals surface area contributed by atoms with Crippen LogP contribution in [-0.2, 0) is 12.5 Å². The lowest BCUT2D eigenvalue weighted by Crippen LogP contribution is -2.25. The zero-order valence-electron chi connectivity index (χ0n) is 20.8. The van der Waals surface area contributed by atoms with Gasteiger partial charge < -0.3 is 4.74 Å². The summed E-state index contributed by atoms with van der Waals surface area (Å²) in [4.78, 5) is 0. The second-order valence-electron chi connectivity index (χ2n) is 10.4. The van der Waals surface area contributed by atoms with Crippen LogP contribution in [0.3, 0.4) is 0 Å². The van der Waals surface area contributed by atoms with Crippen molar-refractivity contribution >= 4 is 10.8 Å². The number of aryl methyl sites for hydroxylation is 4. The normalized spacial score (nSPS) is 19.2. The van der Waals surface area contributed by atoms with Crippen LogP contribution in [0.25, 0.3) is 10.8 Å². The second-order valence-corrected chi connectivity index (χ2v) is 10.4. The molecule has 1 fully saturated rings. The molecule has 0 spiro atoms. The first-order valence-corrected chi connectivity index (χ1v) is 12.2. The van der Waals surface area contributed by atoms with Gasteiger partial charge in [0, 0.05) is 0 Å². The molecule has 0 radical (unpaired) electrons. The topological polar surface area (TPSA) is 9.23 Å². The van der Waals surface area contributed by atoms with Gasteiger partial charge in [-0.1, -0.05) is 44.0 Å². The number of rotatable bonds is 5. The molecule has 1 nitrogen and oxygen atoms in total. The smallest absolute Gasteiger partial charge is 0.427 e. The van der Waals surface area contributed by atoms with Crippen LogP contribution >= 0.6 is 0 Å². The molecule has 0 saturated heterocycles. The van der Waals surface area contributed by atoms with Gasteiger partial charge in [-0.2, -0.15) is 8.78 Å². The van der Waals surface area contributed by atoms with E-state index in [1.807, 2.05) is 31.2 Å². The molecular weight excluding hydrogens is 414 g/mol. The second kappa shape index (κ2) is 9.08. The third-order valence-corrected chi connectivity index (χ3v) is 7.74. The maximum atomic E-state index is 15.4. The van der Waals surface area contributed by atoms with E-state index in [0.717, 1.165) is 34.2 Å². The van der Waals surface area contributed by atoms with Gasteiger partial charge in [-0.15, -0.1) is 0 Å². The van der Waals surface area contributed by atoms with Crippen molar-refractivity contribution in [2.45, 2.75) is 79.8 Å². The highest BCUT2D eigenvalue weighted by atomic mass is 19.3. The lowest BCUT2D eigenvalue weighted by atomic mass is 9.79. The number of hydrogen-bond donors (Lipinski definition) is 0. The summed E-state index contributed by atoms with van der Waals surface area (Å²) in [5, 5.41) is 2.00. The molecule has 0 heterocycles. The maximum Gasteiger partial charge on any atom is 0.427 e. The molecule has 0 unspecified atom stereocenters. The Labute approximate surface area is 197 Å². The highest BCUT2D eigenvalue weighted by molar-refractivity contribution is 5.88. The van der Waals surface area contributed by atoms with Crippen LogP contribution in [-0.4, -0.2) is 0 Å². The summed E-state index contributed by atoms with van der Waals surface area (Å²) in [5.74, 6) is 1.67. The molecule has 33 heavy (non-hydrogen) atoms. The van der Waals surface area contributed by atoms with Crippen LogP contribution in [0.1, 0.15) is 71.6 Å². The van der Waals surface area contributed by atoms with Gasteiger partial charge in [0.25, 0.3) is 0 Å². The van der Waals surface area contributed by atoms with E-state index in [1.165, 1.54) is 36.8 Å². The quantitative estimate of drug-likeness (QED) is 0.377. The highest BCUT2D eigenvalue weighted by Crippen LogP contribution is 2.38. The van der Waals surface area contributed by atoms with E-state index in [0.29, 0.717) is 17.0 Å². The zero-order chi connectivity index (χ0) is 23.9. The van der Waals surface area contributed by atoms with E-state index in [2.05, 4.69) is 20.8 Å². The largest absolute Gasteiger partial charge is 0.429 e. The Balaban J connectivity index is 1.58. The molecule has 0 bridgehead atoms. The summed E-state index contributed by atoms with van der Waals surface area (Å²) in [5.41, 5.74) is 5.91. The molecule has 4 rings (SSSR count). The average Bonchev–Trinajstić information content (AvgIpc) is 2.72. The minimum atomic E-state index is -3.39. The van der Waals surface area contributed by atoms with Gasteiger partial charge in [-0.25, -0.2) is 0 Å². The Morgan fingerprint density at radius 1 is 0.818 bits per heavy atom. The molecule has 176 valence electrons. The number of alkyl halides is 2. The molecule has 3 heteroatoms. The Bertz CT molecular complexity index is 1150. The molecule has 0 aromatic heterocycles. The van der Waals surface area contributed by atoms with Gasteiger partial charge in [0.05, 0.1) is 5.56 Å². The van der Waals surface area contributed by atoms with Gasteiger partial charge in [0.1, 0.15) is 5.75 Å². The predicted octanol–water partition coefficient (Wildman–Crippen LogP) is 8.88. The van der Waals surface area contributed by atoms with Crippen LogP contribution in [0.15, 0.2) is 36.4 Å². The van der Waals surface area contributed by atoms with Crippen molar-refractivity contribution in [3.05, 3.63) is 75.3 Å². The first-order valence-electron chi connectivity index (χ1n) is 12.2. The van der Waals surface area contributed by atoms with Gasteiger partial charge >= 0.3 is 6.11 Å². The molecule has 1 saturated carbocycles.